The quantitative estimate of drug-likeness (QED) is 0.872. The Morgan fingerprint density at radius 3 is 2.63 bits per heavy atom. The van der Waals surface area contributed by atoms with E-state index < -0.39 is 5.60 Å². The monoisotopic (exact) mass is 259 g/mol. The molecule has 0 saturated heterocycles. The molecule has 3 N–H and O–H groups in total. The van der Waals surface area contributed by atoms with Crippen molar-refractivity contribution in [2.45, 2.75) is 56.0 Å². The van der Waals surface area contributed by atoms with Crippen LogP contribution >= 0.6 is 0 Å². The van der Waals surface area contributed by atoms with E-state index in [1.54, 1.807) is 0 Å². The third-order valence-electron chi connectivity index (χ3n) is 5.15. The molecule has 1 saturated carbocycles. The van der Waals surface area contributed by atoms with Crippen LogP contribution in [0.3, 0.4) is 0 Å². The second-order valence-corrected chi connectivity index (χ2v) is 6.12. The van der Waals surface area contributed by atoms with Gasteiger partial charge in [-0.1, -0.05) is 37.1 Å². The van der Waals surface area contributed by atoms with Crippen molar-refractivity contribution in [3.8, 4) is 0 Å². The summed E-state index contributed by atoms with van der Waals surface area (Å²) in [5.74, 6) is -0.322. The number of carbonyl (C=O) groups excluding carboxylic acids is 1. The molecule has 3 nitrogen and oxygen atoms in total. The summed E-state index contributed by atoms with van der Waals surface area (Å²) in [6, 6.07) is 8.35. The number of rotatable bonds is 3. The second kappa shape index (κ2) is 4.34. The minimum absolute atomic E-state index is 0.140. The first kappa shape index (κ1) is 12.7. The van der Waals surface area contributed by atoms with E-state index in [1.165, 1.54) is 11.1 Å². The van der Waals surface area contributed by atoms with Crippen molar-refractivity contribution >= 4 is 5.91 Å². The molecule has 1 aromatic carbocycles. The Hall–Kier alpha value is -1.35. The predicted molar refractivity (Wildman–Crippen MR) is 73.7 cm³/mol. The number of nitrogens with two attached hydrogens (primary N) is 1. The van der Waals surface area contributed by atoms with Crippen LogP contribution < -0.4 is 5.73 Å². The van der Waals surface area contributed by atoms with Crippen molar-refractivity contribution in [3.63, 3.8) is 0 Å². The van der Waals surface area contributed by atoms with Gasteiger partial charge in [0.1, 0.15) is 0 Å². The Morgan fingerprint density at radius 1 is 1.26 bits per heavy atom. The molecule has 1 aromatic rings. The molecule has 1 spiro atoms. The molecule has 0 aromatic heterocycles. The molecule has 1 fully saturated rings. The molecule has 102 valence electrons. The minimum Gasteiger partial charge on any atom is -0.389 e. The zero-order chi connectivity index (χ0) is 13.5. The van der Waals surface area contributed by atoms with E-state index in [0.717, 1.165) is 25.7 Å². The van der Waals surface area contributed by atoms with Crippen LogP contribution in [0.2, 0.25) is 0 Å². The van der Waals surface area contributed by atoms with E-state index in [2.05, 4.69) is 18.2 Å². The van der Waals surface area contributed by atoms with Gasteiger partial charge in [0.25, 0.3) is 0 Å². The van der Waals surface area contributed by atoms with Gasteiger partial charge in [-0.15, -0.1) is 0 Å². The van der Waals surface area contributed by atoms with Gasteiger partial charge in [0.15, 0.2) is 0 Å². The highest BCUT2D eigenvalue weighted by Gasteiger charge is 2.57. The minimum atomic E-state index is -0.789. The number of benzene rings is 1. The fourth-order valence-corrected chi connectivity index (χ4v) is 4.25. The van der Waals surface area contributed by atoms with Crippen molar-refractivity contribution < 1.29 is 9.90 Å². The van der Waals surface area contributed by atoms with Crippen molar-refractivity contribution in [1.82, 2.24) is 0 Å². The van der Waals surface area contributed by atoms with E-state index in [1.807, 2.05) is 6.07 Å². The summed E-state index contributed by atoms with van der Waals surface area (Å²) >= 11 is 0. The molecule has 3 heteroatoms. The van der Waals surface area contributed by atoms with E-state index in [4.69, 9.17) is 5.73 Å². The lowest BCUT2D eigenvalue weighted by Crippen LogP contribution is -2.47. The van der Waals surface area contributed by atoms with Gasteiger partial charge in [-0.3, -0.25) is 4.79 Å². The highest BCUT2D eigenvalue weighted by atomic mass is 16.3. The summed E-state index contributed by atoms with van der Waals surface area (Å²) in [6.07, 6.45) is 5.79. The van der Waals surface area contributed by atoms with Crippen LogP contribution in [0.5, 0.6) is 0 Å². The van der Waals surface area contributed by atoms with Crippen LogP contribution in [0.4, 0.5) is 0 Å². The van der Waals surface area contributed by atoms with Crippen molar-refractivity contribution in [3.05, 3.63) is 35.4 Å². The molecule has 0 aliphatic heterocycles. The average Bonchev–Trinajstić information content (AvgIpc) is 2.96. The first-order valence-corrected chi connectivity index (χ1v) is 7.17. The summed E-state index contributed by atoms with van der Waals surface area (Å²) < 4.78 is 0. The summed E-state index contributed by atoms with van der Waals surface area (Å²) in [5.41, 5.74) is 6.89. The normalized spacial score (nSPS) is 27.6. The zero-order valence-electron chi connectivity index (χ0n) is 11.2. The van der Waals surface area contributed by atoms with Gasteiger partial charge in [-0.05, 0) is 30.4 Å². The summed E-state index contributed by atoms with van der Waals surface area (Å²) in [5, 5.41) is 11.2. The lowest BCUT2D eigenvalue weighted by Gasteiger charge is -2.40. The number of hydrogen-bond donors (Lipinski definition) is 2. The maximum absolute atomic E-state index is 11.2. The molecule has 0 bridgehead atoms. The number of carbonyl (C=O) groups is 1. The summed E-state index contributed by atoms with van der Waals surface area (Å²) in [7, 11) is 0. The highest BCUT2D eigenvalue weighted by Crippen LogP contribution is 2.56. The lowest BCUT2D eigenvalue weighted by molar-refractivity contribution is -0.120. The van der Waals surface area contributed by atoms with Gasteiger partial charge in [0.05, 0.1) is 5.60 Å². The van der Waals surface area contributed by atoms with Crippen molar-refractivity contribution in [2.24, 2.45) is 5.73 Å². The number of fused-ring (bicyclic) bond motifs is 2. The second-order valence-electron chi connectivity index (χ2n) is 6.12. The molecule has 3 rings (SSSR count). The molecular formula is C16H21NO2. The Morgan fingerprint density at radius 2 is 1.95 bits per heavy atom. The largest absolute Gasteiger partial charge is 0.389 e. The SMILES string of the molecule is NC(=O)CCC1(O)Cc2ccccc2C12CCCC2. The van der Waals surface area contributed by atoms with Gasteiger partial charge in [-0.25, -0.2) is 0 Å². The Kier molecular flexibility index (Phi) is 2.90. The Bertz CT molecular complexity index is 505. The maximum atomic E-state index is 11.2. The first-order valence-electron chi connectivity index (χ1n) is 7.17. The number of amides is 1. The van der Waals surface area contributed by atoms with Crippen LogP contribution in [0.25, 0.3) is 0 Å². The van der Waals surface area contributed by atoms with Crippen LogP contribution in [0, 0.1) is 0 Å². The molecule has 0 heterocycles. The van der Waals surface area contributed by atoms with Gasteiger partial charge in [0.2, 0.25) is 5.91 Å². The van der Waals surface area contributed by atoms with Crippen molar-refractivity contribution in [2.75, 3.05) is 0 Å². The number of primary amides is 1. The predicted octanol–water partition coefficient (Wildman–Crippen LogP) is 2.05. The molecule has 2 aliphatic rings. The average molecular weight is 259 g/mol. The fourth-order valence-electron chi connectivity index (χ4n) is 4.25. The van der Waals surface area contributed by atoms with Gasteiger partial charge < -0.3 is 10.8 Å². The van der Waals surface area contributed by atoms with Gasteiger partial charge >= 0.3 is 0 Å². The molecule has 2 aliphatic carbocycles. The van der Waals surface area contributed by atoms with Crippen LogP contribution in [-0.4, -0.2) is 16.6 Å². The molecule has 19 heavy (non-hydrogen) atoms. The maximum Gasteiger partial charge on any atom is 0.217 e. The van der Waals surface area contributed by atoms with Crippen LogP contribution in [-0.2, 0) is 16.6 Å². The van der Waals surface area contributed by atoms with Crippen LogP contribution in [0.15, 0.2) is 24.3 Å². The van der Waals surface area contributed by atoms with E-state index in [0.29, 0.717) is 12.8 Å². The van der Waals surface area contributed by atoms with E-state index in [-0.39, 0.29) is 17.7 Å². The standard InChI is InChI=1S/C16H21NO2/c17-14(18)7-10-16(19)11-12-5-1-2-6-13(12)15(16)8-3-4-9-15/h1-2,5-6,19H,3-4,7-11H2,(H2,17,18). The zero-order valence-corrected chi connectivity index (χ0v) is 11.2. The summed E-state index contributed by atoms with van der Waals surface area (Å²) in [4.78, 5) is 11.1. The number of aliphatic hydroxyl groups is 1. The third kappa shape index (κ3) is 1.79. The molecule has 0 radical (unpaired) electrons. The van der Waals surface area contributed by atoms with Gasteiger partial charge in [0, 0.05) is 18.3 Å². The van der Waals surface area contributed by atoms with E-state index in [9.17, 15) is 9.90 Å². The Labute approximate surface area is 113 Å². The fraction of sp³-hybridized carbons (Fsp3) is 0.562. The highest BCUT2D eigenvalue weighted by molar-refractivity contribution is 5.73. The molecule has 1 atom stereocenters. The third-order valence-corrected chi connectivity index (χ3v) is 5.15. The smallest absolute Gasteiger partial charge is 0.217 e. The molecule has 1 unspecified atom stereocenters. The van der Waals surface area contributed by atoms with E-state index >= 15 is 0 Å². The Balaban J connectivity index is 2.00. The van der Waals surface area contributed by atoms with Gasteiger partial charge in [-0.2, -0.15) is 0 Å². The number of hydrogen-bond acceptors (Lipinski definition) is 2. The topological polar surface area (TPSA) is 63.3 Å². The lowest BCUT2D eigenvalue weighted by atomic mass is 9.68. The van der Waals surface area contributed by atoms with Crippen LogP contribution in [0.1, 0.15) is 49.7 Å². The molecular weight excluding hydrogens is 238 g/mol. The van der Waals surface area contributed by atoms with Crippen molar-refractivity contribution in [1.29, 1.82) is 0 Å². The molecule has 1 amide bonds. The first-order chi connectivity index (χ1) is 9.07. The summed E-state index contributed by atoms with van der Waals surface area (Å²) in [6.45, 7) is 0.